The lowest BCUT2D eigenvalue weighted by molar-refractivity contribution is 0.160. The highest BCUT2D eigenvalue weighted by molar-refractivity contribution is 5.56. The molecule has 1 saturated heterocycles. The first kappa shape index (κ1) is 16.5. The zero-order valence-corrected chi connectivity index (χ0v) is 15.3. The van der Waals surface area contributed by atoms with Crippen LogP contribution < -0.4 is 10.6 Å². The average Bonchev–Trinajstić information content (AvgIpc) is 2.99. The topological polar surface area (TPSA) is 53.1 Å². The van der Waals surface area contributed by atoms with Crippen LogP contribution in [-0.4, -0.2) is 40.5 Å². The molecule has 1 aromatic carbocycles. The van der Waals surface area contributed by atoms with Crippen LogP contribution in [0.2, 0.25) is 0 Å². The van der Waals surface area contributed by atoms with Crippen molar-refractivity contribution >= 4 is 11.6 Å². The van der Waals surface area contributed by atoms with Crippen molar-refractivity contribution in [2.45, 2.75) is 39.8 Å². The lowest BCUT2D eigenvalue weighted by Crippen LogP contribution is -2.43. The van der Waals surface area contributed by atoms with Crippen molar-refractivity contribution in [1.82, 2.24) is 20.2 Å². The fraction of sp³-hybridized carbons (Fsp3) is 0.500. The third-order valence-corrected chi connectivity index (χ3v) is 5.39. The van der Waals surface area contributed by atoms with Crippen molar-refractivity contribution in [2.75, 3.05) is 25.0 Å². The normalized spacial score (nSPS) is 23.5. The summed E-state index contributed by atoms with van der Waals surface area (Å²) in [6.45, 7) is 10.8. The molecule has 1 aromatic heterocycles. The van der Waals surface area contributed by atoms with Crippen LogP contribution in [0.1, 0.15) is 29.3 Å². The van der Waals surface area contributed by atoms with E-state index in [0.29, 0.717) is 17.9 Å². The SMILES string of the molecule is Cc1cc(C)cc(Nc2ncc3c(n2)CCN(C2CNCC2C)C3)c1. The number of hydrogen-bond acceptors (Lipinski definition) is 5. The summed E-state index contributed by atoms with van der Waals surface area (Å²) >= 11 is 0. The lowest BCUT2D eigenvalue weighted by Gasteiger charge is -2.34. The van der Waals surface area contributed by atoms with Gasteiger partial charge >= 0.3 is 0 Å². The van der Waals surface area contributed by atoms with E-state index in [-0.39, 0.29) is 0 Å². The molecule has 0 spiro atoms. The molecule has 1 fully saturated rings. The van der Waals surface area contributed by atoms with Gasteiger partial charge in [-0.05, 0) is 49.6 Å². The van der Waals surface area contributed by atoms with Crippen LogP contribution in [0.3, 0.4) is 0 Å². The van der Waals surface area contributed by atoms with E-state index in [1.54, 1.807) is 0 Å². The summed E-state index contributed by atoms with van der Waals surface area (Å²) in [5, 5.41) is 6.87. The van der Waals surface area contributed by atoms with Crippen LogP contribution in [0.15, 0.2) is 24.4 Å². The van der Waals surface area contributed by atoms with Crippen LogP contribution in [0.5, 0.6) is 0 Å². The molecule has 0 radical (unpaired) electrons. The quantitative estimate of drug-likeness (QED) is 0.902. The van der Waals surface area contributed by atoms with E-state index in [1.165, 1.54) is 22.4 Å². The number of hydrogen-bond donors (Lipinski definition) is 2. The Morgan fingerprint density at radius 2 is 1.96 bits per heavy atom. The van der Waals surface area contributed by atoms with Crippen molar-refractivity contribution in [1.29, 1.82) is 0 Å². The molecule has 2 unspecified atom stereocenters. The molecule has 2 atom stereocenters. The molecule has 2 aliphatic heterocycles. The number of nitrogens with zero attached hydrogens (tertiary/aromatic N) is 3. The van der Waals surface area contributed by atoms with E-state index in [2.05, 4.69) is 59.5 Å². The van der Waals surface area contributed by atoms with Gasteiger partial charge in [0, 0.05) is 49.5 Å². The van der Waals surface area contributed by atoms with Gasteiger partial charge in [-0.15, -0.1) is 0 Å². The number of aromatic nitrogens is 2. The maximum absolute atomic E-state index is 4.78. The summed E-state index contributed by atoms with van der Waals surface area (Å²) in [4.78, 5) is 11.9. The van der Waals surface area contributed by atoms with Crippen molar-refractivity contribution in [2.24, 2.45) is 5.92 Å². The summed E-state index contributed by atoms with van der Waals surface area (Å²) in [6.07, 6.45) is 3.01. The average molecular weight is 337 g/mol. The Balaban J connectivity index is 1.49. The van der Waals surface area contributed by atoms with Gasteiger partial charge in [0.1, 0.15) is 0 Å². The predicted octanol–water partition coefficient (Wildman–Crippen LogP) is 2.80. The summed E-state index contributed by atoms with van der Waals surface area (Å²) < 4.78 is 0. The van der Waals surface area contributed by atoms with Crippen LogP contribution >= 0.6 is 0 Å². The van der Waals surface area contributed by atoms with Gasteiger partial charge in [-0.3, -0.25) is 4.90 Å². The van der Waals surface area contributed by atoms with Crippen molar-refractivity contribution in [3.63, 3.8) is 0 Å². The molecule has 2 aromatic rings. The summed E-state index contributed by atoms with van der Waals surface area (Å²) in [5.74, 6) is 1.42. The predicted molar refractivity (Wildman–Crippen MR) is 101 cm³/mol. The first-order valence-electron chi connectivity index (χ1n) is 9.23. The van der Waals surface area contributed by atoms with E-state index in [4.69, 9.17) is 4.98 Å². The number of aryl methyl sites for hydroxylation is 2. The second kappa shape index (κ2) is 6.73. The number of nitrogens with one attached hydrogen (secondary N) is 2. The van der Waals surface area contributed by atoms with Crippen LogP contribution in [-0.2, 0) is 13.0 Å². The summed E-state index contributed by atoms with van der Waals surface area (Å²) in [7, 11) is 0. The summed E-state index contributed by atoms with van der Waals surface area (Å²) in [6, 6.07) is 7.07. The maximum Gasteiger partial charge on any atom is 0.227 e. The van der Waals surface area contributed by atoms with Gasteiger partial charge in [0.05, 0.1) is 5.69 Å². The maximum atomic E-state index is 4.78. The van der Waals surface area contributed by atoms with Crippen molar-refractivity contribution < 1.29 is 0 Å². The number of benzene rings is 1. The second-order valence-corrected chi connectivity index (χ2v) is 7.59. The molecule has 5 nitrogen and oxygen atoms in total. The van der Waals surface area contributed by atoms with Gasteiger partial charge in [-0.25, -0.2) is 9.97 Å². The minimum absolute atomic E-state index is 0.640. The van der Waals surface area contributed by atoms with Gasteiger partial charge < -0.3 is 10.6 Å². The smallest absolute Gasteiger partial charge is 0.227 e. The molecule has 2 N–H and O–H groups in total. The zero-order chi connectivity index (χ0) is 17.4. The zero-order valence-electron chi connectivity index (χ0n) is 15.3. The molecule has 0 bridgehead atoms. The van der Waals surface area contributed by atoms with Gasteiger partial charge in [0.2, 0.25) is 5.95 Å². The Hall–Kier alpha value is -1.98. The fourth-order valence-electron chi connectivity index (χ4n) is 4.14. The van der Waals surface area contributed by atoms with Crippen molar-refractivity contribution in [3.05, 3.63) is 46.8 Å². The van der Waals surface area contributed by atoms with E-state index >= 15 is 0 Å². The van der Waals surface area contributed by atoms with Gasteiger partial charge in [0.25, 0.3) is 0 Å². The minimum atomic E-state index is 0.640. The molecular weight excluding hydrogens is 310 g/mol. The van der Waals surface area contributed by atoms with Gasteiger partial charge in [-0.1, -0.05) is 13.0 Å². The second-order valence-electron chi connectivity index (χ2n) is 7.59. The first-order chi connectivity index (χ1) is 12.1. The van der Waals surface area contributed by atoms with E-state index < -0.39 is 0 Å². The standard InChI is InChI=1S/C20H27N5/c1-13-6-14(2)8-17(7-13)23-20-22-10-16-12-25(5-4-18(16)24-20)19-11-21-9-15(19)3/h6-8,10,15,19,21H,4-5,9,11-12H2,1-3H3,(H,22,23,24). The van der Waals surface area contributed by atoms with Gasteiger partial charge in [-0.2, -0.15) is 0 Å². The molecule has 2 aliphatic rings. The minimum Gasteiger partial charge on any atom is -0.324 e. The van der Waals surface area contributed by atoms with Crippen LogP contribution in [0.25, 0.3) is 0 Å². The van der Waals surface area contributed by atoms with Crippen LogP contribution in [0.4, 0.5) is 11.6 Å². The van der Waals surface area contributed by atoms with E-state index in [9.17, 15) is 0 Å². The Kier molecular flexibility index (Phi) is 4.44. The molecule has 25 heavy (non-hydrogen) atoms. The monoisotopic (exact) mass is 337 g/mol. The third kappa shape index (κ3) is 3.53. The Morgan fingerprint density at radius 3 is 2.68 bits per heavy atom. The molecule has 5 heteroatoms. The highest BCUT2D eigenvalue weighted by atomic mass is 15.2. The Labute approximate surface area is 149 Å². The number of fused-ring (bicyclic) bond motifs is 1. The molecule has 3 heterocycles. The highest BCUT2D eigenvalue weighted by Gasteiger charge is 2.31. The molecule has 0 saturated carbocycles. The number of rotatable bonds is 3. The van der Waals surface area contributed by atoms with Crippen LogP contribution in [0, 0.1) is 19.8 Å². The van der Waals surface area contributed by atoms with Gasteiger partial charge in [0.15, 0.2) is 0 Å². The van der Waals surface area contributed by atoms with E-state index in [0.717, 1.165) is 38.3 Å². The van der Waals surface area contributed by atoms with Crippen molar-refractivity contribution in [3.8, 4) is 0 Å². The van der Waals surface area contributed by atoms with E-state index in [1.807, 2.05) is 6.20 Å². The number of anilines is 2. The molecule has 4 rings (SSSR count). The Bertz CT molecular complexity index is 752. The largest absolute Gasteiger partial charge is 0.324 e. The molecule has 132 valence electrons. The summed E-state index contributed by atoms with van der Waals surface area (Å²) in [5.41, 5.74) is 6.01. The molecule has 0 amide bonds. The molecular formula is C20H27N5. The lowest BCUT2D eigenvalue weighted by atomic mass is 10.00. The highest BCUT2D eigenvalue weighted by Crippen LogP contribution is 2.25. The fourth-order valence-corrected chi connectivity index (χ4v) is 4.14. The molecule has 0 aliphatic carbocycles. The first-order valence-corrected chi connectivity index (χ1v) is 9.23. The third-order valence-electron chi connectivity index (χ3n) is 5.39. The Morgan fingerprint density at radius 1 is 1.16 bits per heavy atom.